The third-order valence-corrected chi connectivity index (χ3v) is 21.5. The summed E-state index contributed by atoms with van der Waals surface area (Å²) in [7, 11) is -1.17. The van der Waals surface area contributed by atoms with E-state index in [4.69, 9.17) is 94.7 Å². The first kappa shape index (κ1) is 89.8. The minimum absolute atomic E-state index is 0.00729. The van der Waals surface area contributed by atoms with E-state index < -0.39 is 272 Å². The van der Waals surface area contributed by atoms with E-state index in [-0.39, 0.29) is 11.1 Å². The normalized spacial score (nSPS) is 28.3. The molecule has 4 saturated heterocycles. The van der Waals surface area contributed by atoms with Gasteiger partial charge in [-0.25, -0.2) is 0 Å². The van der Waals surface area contributed by atoms with E-state index in [2.05, 4.69) is 30.3 Å². The van der Waals surface area contributed by atoms with Crippen molar-refractivity contribution < 1.29 is 167 Å². The summed E-state index contributed by atoms with van der Waals surface area (Å²) in [5.74, 6) is -19.2. The molecular weight excluding hydrogens is 1550 g/mol. The van der Waals surface area contributed by atoms with Gasteiger partial charge in [0.1, 0.15) is 6.61 Å². The van der Waals surface area contributed by atoms with Crippen molar-refractivity contribution in [1.29, 1.82) is 0 Å². The Morgan fingerprint density at radius 3 is 1.43 bits per heavy atom. The fraction of sp³-hybridized carbons (Fsp3) is 0.620. The second-order valence-corrected chi connectivity index (χ2v) is 35.0. The fourth-order valence-electron chi connectivity index (χ4n) is 12.2. The SMILES string of the molecule is COC(=O)[C@@]1(O[C@H]2[C@@H](O[C@@H]3O[C@H](COC(C)=O)[C@H](OC(C)=O)[C@H](O[C@@H]4O[C@H](COC(C)=O)[C@H](OC(C)=O)[C@H](OC(C)=O)[C@H]4OC(C)=O)[C@H]3NC(C)=O)[C@@H](COC(=O)c3ccccc3)O[C@@H]([Se]CC[Si](C)(C)C)[C@@H]2OC(=O)c2ccccc2)C[C@H](OC(C)=O)[C@@H](NC(C)=O)[C@H]([C@H](OC(C)=O)[C@@H](COC(C)=O)OC(C)=O)O1. The number of hydrogen-bond acceptors (Lipinski definition) is 35. The molecule has 608 valence electrons. The molecule has 0 aromatic heterocycles. The molecule has 4 aliphatic rings. The number of ether oxygens (including phenoxy) is 20. The van der Waals surface area contributed by atoms with E-state index in [1.165, 1.54) is 48.5 Å². The van der Waals surface area contributed by atoms with Gasteiger partial charge in [-0.15, -0.1) is 0 Å². The Morgan fingerprint density at radius 2 is 0.936 bits per heavy atom. The van der Waals surface area contributed by atoms with Crippen LogP contribution < -0.4 is 10.6 Å². The van der Waals surface area contributed by atoms with Crippen LogP contribution in [0, 0.1) is 0 Å². The second-order valence-electron chi connectivity index (χ2n) is 26.9. The van der Waals surface area contributed by atoms with Gasteiger partial charge in [0.15, 0.2) is 6.10 Å². The molecule has 2 aromatic carbocycles. The van der Waals surface area contributed by atoms with Gasteiger partial charge in [0, 0.05) is 34.6 Å². The van der Waals surface area contributed by atoms with Crippen LogP contribution in [0.4, 0.5) is 0 Å². The summed E-state index contributed by atoms with van der Waals surface area (Å²) >= 11 is -0.911. The first-order chi connectivity index (χ1) is 51.7. The van der Waals surface area contributed by atoms with Crippen molar-refractivity contribution in [3.63, 3.8) is 0 Å². The van der Waals surface area contributed by atoms with Crippen molar-refractivity contribution in [2.75, 3.05) is 33.5 Å². The molecule has 0 aliphatic carbocycles. The molecule has 0 spiro atoms. The molecule has 4 fully saturated rings. The molecule has 2 amide bonds. The van der Waals surface area contributed by atoms with E-state index in [0.717, 1.165) is 90.2 Å². The zero-order chi connectivity index (χ0) is 81.6. The summed E-state index contributed by atoms with van der Waals surface area (Å²) in [5.41, 5.74) is -0.102. The molecule has 0 unspecified atom stereocenters. The maximum atomic E-state index is 15.7. The molecule has 37 nitrogen and oxygen atoms in total. The van der Waals surface area contributed by atoms with Gasteiger partial charge in [0.25, 0.3) is 0 Å². The topological polar surface area (TPSA) is 465 Å². The zero-order valence-electron chi connectivity index (χ0n) is 63.5. The van der Waals surface area contributed by atoms with Crippen LogP contribution in [0.5, 0.6) is 0 Å². The van der Waals surface area contributed by atoms with Gasteiger partial charge < -0.3 is 14.2 Å². The predicted octanol–water partition coefficient (Wildman–Crippen LogP) is 1.74. The van der Waals surface area contributed by atoms with Crippen LogP contribution >= 0.6 is 0 Å². The Balaban J connectivity index is 1.77. The van der Waals surface area contributed by atoms with Crippen molar-refractivity contribution in [3.05, 3.63) is 71.8 Å². The van der Waals surface area contributed by atoms with Gasteiger partial charge in [-0.1, -0.05) is 0 Å². The molecule has 21 atom stereocenters. The number of carbonyl (C=O) groups excluding carboxylic acids is 15. The molecule has 0 saturated carbocycles. The van der Waals surface area contributed by atoms with Crippen LogP contribution in [-0.2, 0) is 157 Å². The average Bonchev–Trinajstić information content (AvgIpc) is 0.740. The third-order valence-electron chi connectivity index (χ3n) is 16.5. The zero-order valence-corrected chi connectivity index (χ0v) is 66.2. The van der Waals surface area contributed by atoms with Crippen molar-refractivity contribution >= 4 is 112 Å². The summed E-state index contributed by atoms with van der Waals surface area (Å²) in [6, 6.07) is 11.6. The summed E-state index contributed by atoms with van der Waals surface area (Å²) in [4.78, 5) is 204. The molecular formula is C71H94N2O35SeSi. The van der Waals surface area contributed by atoms with Crippen molar-refractivity contribution in [1.82, 2.24) is 10.6 Å². The van der Waals surface area contributed by atoms with Gasteiger partial charge in [-0.05, 0) is 0 Å². The van der Waals surface area contributed by atoms with E-state index in [1.54, 1.807) is 12.1 Å². The summed E-state index contributed by atoms with van der Waals surface area (Å²) < 4.78 is 123. The van der Waals surface area contributed by atoms with Crippen LogP contribution in [0.3, 0.4) is 0 Å². The van der Waals surface area contributed by atoms with E-state index in [0.29, 0.717) is 11.4 Å². The molecule has 0 bridgehead atoms. The van der Waals surface area contributed by atoms with E-state index in [9.17, 15) is 62.3 Å². The van der Waals surface area contributed by atoms with E-state index >= 15 is 9.59 Å². The minimum atomic E-state index is -3.25. The van der Waals surface area contributed by atoms with E-state index in [1.807, 2.05) is 0 Å². The first-order valence-electron chi connectivity index (χ1n) is 34.7. The first-order valence-corrected chi connectivity index (χ1v) is 40.6. The number of rotatable bonds is 33. The maximum absolute atomic E-state index is 15.7. The van der Waals surface area contributed by atoms with Gasteiger partial charge >= 0.3 is 557 Å². The number of nitrogens with one attached hydrogen (secondary N) is 2. The molecule has 39 heteroatoms. The summed E-state index contributed by atoms with van der Waals surface area (Å²) in [5, 5.41) is 4.17. The molecule has 110 heavy (non-hydrogen) atoms. The molecule has 0 radical (unpaired) electrons. The van der Waals surface area contributed by atoms with Gasteiger partial charge in [-0.2, -0.15) is 0 Å². The number of benzene rings is 2. The molecule has 4 aliphatic heterocycles. The van der Waals surface area contributed by atoms with Gasteiger partial charge in [0.2, 0.25) is 0 Å². The monoisotopic (exact) mass is 1640 g/mol. The predicted molar refractivity (Wildman–Crippen MR) is 370 cm³/mol. The van der Waals surface area contributed by atoms with Gasteiger partial charge in [0.05, 0.1) is 0 Å². The van der Waals surface area contributed by atoms with Gasteiger partial charge in [-0.3, -0.25) is 24.0 Å². The Kier molecular flexibility index (Phi) is 33.7. The van der Waals surface area contributed by atoms with Crippen molar-refractivity contribution in [3.8, 4) is 0 Å². The van der Waals surface area contributed by atoms with Crippen LogP contribution in [0.2, 0.25) is 31.0 Å². The molecule has 2 N–H and O–H groups in total. The number of hydrogen-bond donors (Lipinski definition) is 2. The average molecular weight is 1640 g/mol. The van der Waals surface area contributed by atoms with Crippen LogP contribution in [0.15, 0.2) is 60.7 Å². The van der Waals surface area contributed by atoms with Crippen LogP contribution in [-0.4, -0.2) is 273 Å². The Hall–Kier alpha value is -9.05. The second kappa shape index (κ2) is 41.3. The Morgan fingerprint density at radius 1 is 0.473 bits per heavy atom. The Labute approximate surface area is 639 Å². The number of amides is 2. The number of methoxy groups -OCH3 is 1. The summed E-state index contributed by atoms with van der Waals surface area (Å²) in [6.07, 6.45) is -35.4. The quantitative estimate of drug-likeness (QED) is 0.0584. The number of esters is 13. The molecule has 6 rings (SSSR count). The number of carbonyl (C=O) groups is 15. The Bertz CT molecular complexity index is 3600. The van der Waals surface area contributed by atoms with Crippen molar-refractivity contribution in [2.45, 2.75) is 248 Å². The molecule has 4 heterocycles. The van der Waals surface area contributed by atoms with Crippen LogP contribution in [0.25, 0.3) is 0 Å². The van der Waals surface area contributed by atoms with Crippen molar-refractivity contribution in [2.24, 2.45) is 0 Å². The fourth-order valence-corrected chi connectivity index (χ4v) is 19.3. The third kappa shape index (κ3) is 26.6. The molecule has 2 aromatic rings. The standard InChI is InChI=1S/C71H94N2O35SeSi/c1-34(74)72-53-48(94-39(6)79)29-71(70(88)89-13,107-60(53)56(97-42(9)82)49(95-40(7)80)30-90-36(3)76)108-62-58(52(33-93-65(86)46-23-19-17-20-24-46)103-69(109-27-28-110(14,15)16)64(62)104-66(87)47-25-21-18-22-26-47)105-67-54(73-35(2)75)59(55(96-41(8)81)50(101-67)31-91-37(4)77)106-68-63(100-45(12)85)61(99-44(11)84)57(98-43(10)83)51(102-68)32-92-38(5)78/h17-26,48-64,67-69H,27-33H2,1-16H3,(H,72,74)(H,73,75)/t48-,49+,50+,51+,52+,53+,54+,55-,56+,57-,58-,59+,60+,61-,62-,63+,64+,67-,68-,69-,71-/m0/s1. The van der Waals surface area contributed by atoms with Crippen LogP contribution in [0.1, 0.15) is 110 Å². The summed E-state index contributed by atoms with van der Waals surface area (Å²) in [6.45, 7) is 14.3.